The highest BCUT2D eigenvalue weighted by Gasteiger charge is 2.38. The van der Waals surface area contributed by atoms with Crippen LogP contribution in [0.4, 0.5) is 4.79 Å². The van der Waals surface area contributed by atoms with E-state index in [0.29, 0.717) is 13.0 Å². The van der Waals surface area contributed by atoms with E-state index >= 15 is 0 Å². The van der Waals surface area contributed by atoms with Gasteiger partial charge in [0.1, 0.15) is 18.7 Å². The van der Waals surface area contributed by atoms with E-state index in [0.717, 1.165) is 22.3 Å². The number of likely N-dealkylation sites (tertiary alicyclic amines) is 1. The number of carbonyl (C=O) groups is 3. The SMILES string of the molecule is C[C@@H](C(=O)O)N1CC[C@@H](NC(=O)OCC2c3ccccc3-c3ccccc32)C1=O. The molecule has 7 heteroatoms. The van der Waals surface area contributed by atoms with Crippen LogP contribution in [0.25, 0.3) is 11.1 Å². The zero-order valence-corrected chi connectivity index (χ0v) is 16.0. The van der Waals surface area contributed by atoms with Crippen molar-refractivity contribution in [3.8, 4) is 11.1 Å². The predicted molar refractivity (Wildman–Crippen MR) is 105 cm³/mol. The molecule has 2 amide bonds. The number of carboxylic acids is 1. The molecule has 150 valence electrons. The van der Waals surface area contributed by atoms with Crippen molar-refractivity contribution >= 4 is 18.0 Å². The molecule has 29 heavy (non-hydrogen) atoms. The number of hydrogen-bond acceptors (Lipinski definition) is 4. The molecule has 1 saturated heterocycles. The van der Waals surface area contributed by atoms with E-state index in [1.165, 1.54) is 11.8 Å². The lowest BCUT2D eigenvalue weighted by Gasteiger charge is -2.21. The minimum atomic E-state index is -1.07. The maximum Gasteiger partial charge on any atom is 0.407 e. The van der Waals surface area contributed by atoms with E-state index in [1.54, 1.807) is 0 Å². The van der Waals surface area contributed by atoms with Crippen LogP contribution >= 0.6 is 0 Å². The fourth-order valence-electron chi connectivity index (χ4n) is 4.14. The van der Waals surface area contributed by atoms with Crippen molar-refractivity contribution in [1.29, 1.82) is 0 Å². The molecular weight excluding hydrogens is 372 g/mol. The topological polar surface area (TPSA) is 95.9 Å². The van der Waals surface area contributed by atoms with Crippen molar-refractivity contribution in [3.63, 3.8) is 0 Å². The lowest BCUT2D eigenvalue weighted by molar-refractivity contribution is -0.147. The third-order valence-corrected chi connectivity index (χ3v) is 5.70. The van der Waals surface area contributed by atoms with Crippen LogP contribution in [0.2, 0.25) is 0 Å². The Morgan fingerprint density at radius 2 is 1.72 bits per heavy atom. The number of carboxylic acid groups (broad SMARTS) is 1. The Hall–Kier alpha value is -3.35. The molecule has 2 atom stereocenters. The summed E-state index contributed by atoms with van der Waals surface area (Å²) in [5.41, 5.74) is 4.50. The van der Waals surface area contributed by atoms with Crippen LogP contribution in [0.15, 0.2) is 48.5 Å². The number of ether oxygens (including phenoxy) is 1. The number of fused-ring (bicyclic) bond motifs is 3. The first-order valence-electron chi connectivity index (χ1n) is 9.62. The Bertz CT molecular complexity index is 928. The molecule has 4 rings (SSSR count). The summed E-state index contributed by atoms with van der Waals surface area (Å²) in [6.07, 6.45) is -0.310. The van der Waals surface area contributed by atoms with Crippen LogP contribution in [-0.2, 0) is 14.3 Å². The fourth-order valence-corrected chi connectivity index (χ4v) is 4.14. The summed E-state index contributed by atoms with van der Waals surface area (Å²) in [4.78, 5) is 37.0. The normalized spacial score (nSPS) is 18.9. The number of aliphatic carboxylic acids is 1. The monoisotopic (exact) mass is 394 g/mol. The molecule has 1 fully saturated rings. The van der Waals surface area contributed by atoms with Gasteiger partial charge >= 0.3 is 12.1 Å². The lowest BCUT2D eigenvalue weighted by Crippen LogP contribution is -2.46. The molecule has 0 radical (unpaired) electrons. The second kappa shape index (κ2) is 7.58. The third-order valence-electron chi connectivity index (χ3n) is 5.70. The number of alkyl carbamates (subject to hydrolysis) is 1. The van der Waals surface area contributed by atoms with Gasteiger partial charge in [0.2, 0.25) is 5.91 Å². The number of benzene rings is 2. The zero-order valence-electron chi connectivity index (χ0n) is 16.0. The maximum atomic E-state index is 12.4. The van der Waals surface area contributed by atoms with Gasteiger partial charge in [-0.25, -0.2) is 9.59 Å². The third kappa shape index (κ3) is 3.44. The van der Waals surface area contributed by atoms with Crippen LogP contribution in [-0.4, -0.2) is 53.2 Å². The van der Waals surface area contributed by atoms with Crippen molar-refractivity contribution in [2.45, 2.75) is 31.3 Å². The number of carbonyl (C=O) groups excluding carboxylic acids is 2. The van der Waals surface area contributed by atoms with Crippen LogP contribution in [0.5, 0.6) is 0 Å². The molecule has 0 bridgehead atoms. The van der Waals surface area contributed by atoms with Crippen LogP contribution in [0.3, 0.4) is 0 Å². The van der Waals surface area contributed by atoms with Gasteiger partial charge in [-0.3, -0.25) is 4.79 Å². The standard InChI is InChI=1S/C22H22N2O5/c1-13(21(26)27)24-11-10-19(20(24)25)23-22(28)29-12-18-16-8-4-2-6-14(16)15-7-3-5-9-17(15)18/h2-9,13,18-19H,10-12H2,1H3,(H,23,28)(H,26,27)/t13-,19+/m0/s1. The summed E-state index contributed by atoms with van der Waals surface area (Å²) in [5.74, 6) is -1.52. The number of nitrogens with zero attached hydrogens (tertiary/aromatic N) is 1. The van der Waals surface area contributed by atoms with E-state index in [1.807, 2.05) is 36.4 Å². The van der Waals surface area contributed by atoms with Crippen LogP contribution < -0.4 is 5.32 Å². The summed E-state index contributed by atoms with van der Waals surface area (Å²) in [5, 5.41) is 11.7. The average Bonchev–Trinajstić information content (AvgIpc) is 3.24. The van der Waals surface area contributed by atoms with Gasteiger partial charge in [0, 0.05) is 12.5 Å². The van der Waals surface area contributed by atoms with Crippen molar-refractivity contribution in [3.05, 3.63) is 59.7 Å². The van der Waals surface area contributed by atoms with Gasteiger partial charge in [-0.05, 0) is 35.6 Å². The minimum Gasteiger partial charge on any atom is -0.480 e. The van der Waals surface area contributed by atoms with Crippen LogP contribution in [0, 0.1) is 0 Å². The van der Waals surface area contributed by atoms with E-state index in [4.69, 9.17) is 9.84 Å². The molecule has 0 aromatic heterocycles. The Labute approximate surface area is 168 Å². The Morgan fingerprint density at radius 3 is 2.31 bits per heavy atom. The Morgan fingerprint density at radius 1 is 1.14 bits per heavy atom. The molecule has 2 N–H and O–H groups in total. The second-order valence-electron chi connectivity index (χ2n) is 7.36. The smallest absolute Gasteiger partial charge is 0.407 e. The molecule has 1 aliphatic carbocycles. The van der Waals surface area contributed by atoms with E-state index in [-0.39, 0.29) is 12.5 Å². The first kappa shape index (κ1) is 19.0. The zero-order chi connectivity index (χ0) is 20.5. The minimum absolute atomic E-state index is 0.0593. The van der Waals surface area contributed by atoms with Gasteiger partial charge in [0.05, 0.1) is 0 Å². The van der Waals surface area contributed by atoms with Gasteiger partial charge in [0.25, 0.3) is 0 Å². The van der Waals surface area contributed by atoms with Crippen molar-refractivity contribution in [1.82, 2.24) is 10.2 Å². The largest absolute Gasteiger partial charge is 0.480 e. The quantitative estimate of drug-likeness (QED) is 0.813. The molecule has 2 aliphatic rings. The summed E-state index contributed by atoms with van der Waals surface area (Å²) >= 11 is 0. The number of amides is 2. The van der Waals surface area contributed by atoms with E-state index < -0.39 is 30.1 Å². The summed E-state index contributed by atoms with van der Waals surface area (Å²) in [7, 11) is 0. The van der Waals surface area contributed by atoms with Gasteiger partial charge < -0.3 is 20.1 Å². The molecule has 0 saturated carbocycles. The Balaban J connectivity index is 1.40. The molecule has 1 aliphatic heterocycles. The first-order chi connectivity index (χ1) is 14.0. The van der Waals surface area contributed by atoms with E-state index in [9.17, 15) is 14.4 Å². The van der Waals surface area contributed by atoms with Crippen molar-refractivity contribution in [2.75, 3.05) is 13.2 Å². The predicted octanol–water partition coefficient (Wildman–Crippen LogP) is 2.60. The van der Waals surface area contributed by atoms with Gasteiger partial charge in [-0.1, -0.05) is 48.5 Å². The van der Waals surface area contributed by atoms with Crippen molar-refractivity contribution in [2.24, 2.45) is 0 Å². The number of rotatable bonds is 5. The lowest BCUT2D eigenvalue weighted by atomic mass is 9.98. The van der Waals surface area contributed by atoms with Crippen LogP contribution in [0.1, 0.15) is 30.4 Å². The summed E-state index contributed by atoms with van der Waals surface area (Å²) in [6, 6.07) is 14.4. The number of hydrogen-bond donors (Lipinski definition) is 2. The summed E-state index contributed by atoms with van der Waals surface area (Å²) in [6.45, 7) is 1.91. The molecular formula is C22H22N2O5. The molecule has 0 spiro atoms. The highest BCUT2D eigenvalue weighted by Crippen LogP contribution is 2.44. The summed E-state index contributed by atoms with van der Waals surface area (Å²) < 4.78 is 5.46. The molecule has 2 aromatic rings. The highest BCUT2D eigenvalue weighted by molar-refractivity contribution is 5.90. The highest BCUT2D eigenvalue weighted by atomic mass is 16.5. The van der Waals surface area contributed by atoms with Crippen molar-refractivity contribution < 1.29 is 24.2 Å². The molecule has 0 unspecified atom stereocenters. The molecule has 2 aromatic carbocycles. The Kier molecular flexibility index (Phi) is 4.96. The number of nitrogens with one attached hydrogen (secondary N) is 1. The second-order valence-corrected chi connectivity index (χ2v) is 7.36. The fraction of sp³-hybridized carbons (Fsp3) is 0.318. The van der Waals surface area contributed by atoms with E-state index in [2.05, 4.69) is 17.4 Å². The average molecular weight is 394 g/mol. The maximum absolute atomic E-state index is 12.4. The molecule has 7 nitrogen and oxygen atoms in total. The van der Waals surface area contributed by atoms with Gasteiger partial charge in [0.15, 0.2) is 0 Å². The van der Waals surface area contributed by atoms with Gasteiger partial charge in [-0.2, -0.15) is 0 Å². The first-order valence-corrected chi connectivity index (χ1v) is 9.62. The molecule has 1 heterocycles. The van der Waals surface area contributed by atoms with Gasteiger partial charge in [-0.15, -0.1) is 0 Å².